The molecule has 0 aliphatic carbocycles. The number of para-hydroxylation sites is 2. The topological polar surface area (TPSA) is 59.6 Å². The normalized spacial score (nSPS) is 14.8. The van der Waals surface area contributed by atoms with Crippen molar-refractivity contribution in [2.24, 2.45) is 10.4 Å². The average molecular weight is 814 g/mol. The Morgan fingerprint density at radius 1 is 0.729 bits per heavy atom. The van der Waals surface area contributed by atoms with Gasteiger partial charge in [0.1, 0.15) is 24.1 Å². The van der Waals surface area contributed by atoms with E-state index in [-0.39, 0.29) is 43.7 Å². The van der Waals surface area contributed by atoms with E-state index in [9.17, 15) is 5.11 Å². The Kier molecular flexibility index (Phi) is 8.95. The van der Waals surface area contributed by atoms with Crippen molar-refractivity contribution >= 4 is 16.9 Å². The number of phenols is 1. The van der Waals surface area contributed by atoms with E-state index in [0.717, 1.165) is 44.5 Å². The minimum Gasteiger partial charge on any atom is -0.509 e. The van der Waals surface area contributed by atoms with Gasteiger partial charge >= 0.3 is 0 Å². The Bertz CT molecular complexity index is 2120. The maximum Gasteiger partial charge on any atom is 0.148 e. The van der Waals surface area contributed by atoms with Crippen LogP contribution in [0.2, 0.25) is 0 Å². The molecule has 0 fully saturated rings. The molecule has 7 rings (SSSR count). The summed E-state index contributed by atoms with van der Waals surface area (Å²) in [6, 6.07) is 40.5. The third-order valence-corrected chi connectivity index (χ3v) is 9.00. The third-order valence-electron chi connectivity index (χ3n) is 9.00. The summed E-state index contributed by atoms with van der Waals surface area (Å²) in [6.07, 6.45) is 0. The molecule has 48 heavy (non-hydrogen) atoms. The number of fused-ring (bicyclic) bond motifs is 1. The van der Waals surface area contributed by atoms with Crippen molar-refractivity contribution in [3.05, 3.63) is 126 Å². The van der Waals surface area contributed by atoms with Crippen molar-refractivity contribution in [3.63, 3.8) is 0 Å². The Labute approximate surface area is 297 Å². The molecule has 246 valence electrons. The second kappa shape index (κ2) is 12.9. The van der Waals surface area contributed by atoms with Crippen molar-refractivity contribution in [1.82, 2.24) is 9.55 Å². The first-order valence-electron chi connectivity index (χ1n) is 16.2. The molecule has 0 bridgehead atoms. The summed E-state index contributed by atoms with van der Waals surface area (Å²) in [6.45, 7) is 13.8. The van der Waals surface area contributed by atoms with Gasteiger partial charge in [0.25, 0.3) is 0 Å². The van der Waals surface area contributed by atoms with E-state index in [1.807, 2.05) is 60.7 Å². The van der Waals surface area contributed by atoms with Crippen LogP contribution >= 0.6 is 0 Å². The summed E-state index contributed by atoms with van der Waals surface area (Å²) in [5, 5.41) is 11.8. The average Bonchev–Trinajstić information content (AvgIpc) is 3.71. The fourth-order valence-corrected chi connectivity index (χ4v) is 6.16. The fourth-order valence-electron chi connectivity index (χ4n) is 6.16. The Morgan fingerprint density at radius 3 is 2.06 bits per heavy atom. The zero-order valence-corrected chi connectivity index (χ0v) is 30.5. The van der Waals surface area contributed by atoms with Crippen LogP contribution in [-0.4, -0.2) is 33.2 Å². The van der Waals surface area contributed by atoms with Gasteiger partial charge in [-0.2, -0.15) is 0 Å². The Balaban J connectivity index is 0.00000401. The summed E-state index contributed by atoms with van der Waals surface area (Å²) in [4.78, 5) is 10.2. The molecule has 0 saturated carbocycles. The molecule has 0 saturated heterocycles. The van der Waals surface area contributed by atoms with Crippen LogP contribution in [0.15, 0.2) is 114 Å². The SMILES string of the molecule is CC(C)(C)c1ccc(-n2c(-c3cccc(-c4ccccc4)c3O)nc3c(-c4[c-]c(C5=N[C@@H](C(C)(C)C)CO5)ccc4)cccc32)cc1.[Pt]. The van der Waals surface area contributed by atoms with Crippen LogP contribution in [0.5, 0.6) is 5.75 Å². The Hall–Kier alpha value is -4.47. The maximum atomic E-state index is 11.8. The summed E-state index contributed by atoms with van der Waals surface area (Å²) in [7, 11) is 0. The molecule has 0 unspecified atom stereocenters. The zero-order valence-electron chi connectivity index (χ0n) is 28.2. The summed E-state index contributed by atoms with van der Waals surface area (Å²) in [5.74, 6) is 1.49. The standard InChI is InChI=1S/C42H40N3O2.Pt/c1-41(2,3)30-21-23-31(24-22-30)45-35-20-12-17-32(28-15-10-16-29(25-28)40-43-36(26-47-40)42(4,5)6)37(35)44-39(45)34-19-11-18-33(38(34)46)27-13-8-7-9-14-27;/h7-24,36,46H,26H2,1-6H3;/q-1;/t36-;/m1./s1. The molecule has 1 aliphatic rings. The molecule has 0 amide bonds. The van der Waals surface area contributed by atoms with E-state index in [1.54, 1.807) is 0 Å². The molecule has 1 atom stereocenters. The van der Waals surface area contributed by atoms with Crippen molar-refractivity contribution in [2.75, 3.05) is 6.61 Å². The molecular weight excluding hydrogens is 774 g/mol. The van der Waals surface area contributed by atoms with Crippen molar-refractivity contribution < 1.29 is 30.9 Å². The molecule has 0 spiro atoms. The van der Waals surface area contributed by atoms with Gasteiger partial charge in [0.05, 0.1) is 22.6 Å². The van der Waals surface area contributed by atoms with Gasteiger partial charge in [0.2, 0.25) is 0 Å². The van der Waals surface area contributed by atoms with Crippen LogP contribution in [0.1, 0.15) is 52.7 Å². The number of rotatable bonds is 5. The van der Waals surface area contributed by atoms with Gasteiger partial charge in [-0.25, -0.2) is 4.98 Å². The van der Waals surface area contributed by atoms with E-state index < -0.39 is 0 Å². The summed E-state index contributed by atoms with van der Waals surface area (Å²) in [5.41, 5.74) is 9.06. The first kappa shape index (κ1) is 33.4. The van der Waals surface area contributed by atoms with Gasteiger partial charge in [-0.1, -0.05) is 119 Å². The van der Waals surface area contributed by atoms with Gasteiger partial charge in [0.15, 0.2) is 0 Å². The van der Waals surface area contributed by atoms with Crippen LogP contribution in [0.3, 0.4) is 0 Å². The molecule has 0 radical (unpaired) electrons. The van der Waals surface area contributed by atoms with Crippen LogP contribution in [0.4, 0.5) is 0 Å². The monoisotopic (exact) mass is 813 g/mol. The molecule has 1 aliphatic heterocycles. The van der Waals surface area contributed by atoms with Crippen molar-refractivity contribution in [3.8, 4) is 45.1 Å². The Morgan fingerprint density at radius 2 is 1.38 bits per heavy atom. The fraction of sp³-hybridized carbons (Fsp3) is 0.238. The molecule has 6 heteroatoms. The van der Waals surface area contributed by atoms with E-state index in [2.05, 4.69) is 101 Å². The molecule has 1 N–H and O–H groups in total. The largest absolute Gasteiger partial charge is 0.509 e. The van der Waals surface area contributed by atoms with Crippen LogP contribution in [-0.2, 0) is 31.2 Å². The minimum atomic E-state index is 0. The minimum absolute atomic E-state index is 0. The molecule has 5 aromatic carbocycles. The second-order valence-electron chi connectivity index (χ2n) is 14.4. The number of aromatic hydroxyl groups is 1. The summed E-state index contributed by atoms with van der Waals surface area (Å²) < 4.78 is 8.21. The van der Waals surface area contributed by atoms with Crippen LogP contribution < -0.4 is 0 Å². The van der Waals surface area contributed by atoms with Crippen molar-refractivity contribution in [1.29, 1.82) is 0 Å². The smallest absolute Gasteiger partial charge is 0.148 e. The number of benzene rings is 5. The quantitative estimate of drug-likeness (QED) is 0.177. The number of hydrogen-bond acceptors (Lipinski definition) is 4. The first-order valence-corrected chi connectivity index (χ1v) is 16.2. The molecule has 5 nitrogen and oxygen atoms in total. The van der Waals surface area contributed by atoms with Gasteiger partial charge < -0.3 is 9.84 Å². The predicted octanol–water partition coefficient (Wildman–Crippen LogP) is 10.0. The second-order valence-corrected chi connectivity index (χ2v) is 14.4. The van der Waals surface area contributed by atoms with E-state index >= 15 is 0 Å². The van der Waals surface area contributed by atoms with Gasteiger partial charge in [-0.3, -0.25) is 9.56 Å². The number of aliphatic imine (C=N–C) groups is 1. The van der Waals surface area contributed by atoms with Crippen LogP contribution in [0.25, 0.3) is 50.4 Å². The number of phenolic OH excluding ortho intramolecular Hbond substituents is 1. The third kappa shape index (κ3) is 6.24. The molecule has 6 aromatic rings. The van der Waals surface area contributed by atoms with E-state index in [1.165, 1.54) is 5.56 Å². The van der Waals surface area contributed by atoms with Gasteiger partial charge in [-0.15, -0.1) is 29.8 Å². The van der Waals surface area contributed by atoms with Crippen LogP contribution in [0, 0.1) is 11.5 Å². The first-order chi connectivity index (χ1) is 22.5. The number of nitrogens with zero attached hydrogens (tertiary/aromatic N) is 3. The van der Waals surface area contributed by atoms with Gasteiger partial charge in [0, 0.05) is 32.3 Å². The maximum absolute atomic E-state index is 11.8. The number of aromatic nitrogens is 2. The molecule has 2 heterocycles. The number of hydrogen-bond donors (Lipinski definition) is 1. The van der Waals surface area contributed by atoms with E-state index in [4.69, 9.17) is 14.7 Å². The van der Waals surface area contributed by atoms with E-state index in [0.29, 0.717) is 23.9 Å². The van der Waals surface area contributed by atoms with Crippen molar-refractivity contribution in [2.45, 2.75) is 53.0 Å². The molecular formula is C42H40N3O2Pt-. The van der Waals surface area contributed by atoms with Gasteiger partial charge in [-0.05, 0) is 46.2 Å². The summed E-state index contributed by atoms with van der Waals surface area (Å²) >= 11 is 0. The number of imidazole rings is 1. The molecule has 1 aromatic heterocycles. The number of ether oxygens (including phenoxy) is 1. The zero-order chi connectivity index (χ0) is 32.9. The predicted molar refractivity (Wildman–Crippen MR) is 192 cm³/mol.